The zero-order valence-corrected chi connectivity index (χ0v) is 11.5. The highest BCUT2D eigenvalue weighted by Crippen LogP contribution is 2.24. The van der Waals surface area contributed by atoms with Gasteiger partial charge in [-0.05, 0) is 30.7 Å². The van der Waals surface area contributed by atoms with Crippen LogP contribution < -0.4 is 4.74 Å². The maximum absolute atomic E-state index is 11.6. The van der Waals surface area contributed by atoms with Gasteiger partial charge in [0.2, 0.25) is 0 Å². The van der Waals surface area contributed by atoms with Gasteiger partial charge in [0.25, 0.3) is 5.69 Å². The quantitative estimate of drug-likeness (QED) is 0.463. The van der Waals surface area contributed by atoms with E-state index in [1.165, 1.54) is 25.1 Å². The highest BCUT2D eigenvalue weighted by atomic mass is 16.6. The second-order valence-corrected chi connectivity index (χ2v) is 4.45. The number of benzene rings is 1. The van der Waals surface area contributed by atoms with E-state index in [1.807, 2.05) is 12.1 Å². The van der Waals surface area contributed by atoms with E-state index in [0.29, 0.717) is 18.8 Å². The summed E-state index contributed by atoms with van der Waals surface area (Å²) in [6.45, 7) is 1.73. The third kappa shape index (κ3) is 3.85. The van der Waals surface area contributed by atoms with Gasteiger partial charge in [-0.1, -0.05) is 0 Å². The van der Waals surface area contributed by atoms with Gasteiger partial charge < -0.3 is 4.74 Å². The van der Waals surface area contributed by atoms with Crippen molar-refractivity contribution < 1.29 is 14.5 Å². The molecule has 2 rings (SSSR count). The predicted molar refractivity (Wildman–Crippen MR) is 76.5 cm³/mol. The summed E-state index contributed by atoms with van der Waals surface area (Å²) in [7, 11) is 0. The summed E-state index contributed by atoms with van der Waals surface area (Å²) in [6, 6.07) is 7.79. The number of aromatic nitrogens is 1. The second-order valence-electron chi connectivity index (χ2n) is 4.45. The van der Waals surface area contributed by atoms with Gasteiger partial charge in [0.05, 0.1) is 17.1 Å². The lowest BCUT2D eigenvalue weighted by molar-refractivity contribution is -0.384. The summed E-state index contributed by atoms with van der Waals surface area (Å²) in [5.74, 6) is 0.0970. The number of nitrogens with zero attached hydrogens (tertiary/aromatic N) is 2. The number of non-ortho nitro benzene ring substituents is 1. The highest BCUT2D eigenvalue weighted by Gasteiger charge is 2.14. The first-order chi connectivity index (χ1) is 10.1. The van der Waals surface area contributed by atoms with Gasteiger partial charge in [-0.25, -0.2) is 0 Å². The first-order valence-corrected chi connectivity index (χ1v) is 6.39. The molecule has 0 unspecified atom stereocenters. The third-order valence-corrected chi connectivity index (χ3v) is 2.95. The van der Waals surface area contributed by atoms with E-state index < -0.39 is 4.92 Å². The lowest BCUT2D eigenvalue weighted by Crippen LogP contribution is -2.06. The molecule has 0 bridgehead atoms. The summed E-state index contributed by atoms with van der Waals surface area (Å²) in [5, 5.41) is 10.7. The minimum absolute atomic E-state index is 0.123. The normalized spacial score (nSPS) is 10.1. The number of pyridine rings is 1. The number of hydrogen-bond acceptors (Lipinski definition) is 5. The minimum atomic E-state index is -0.535. The van der Waals surface area contributed by atoms with Crippen molar-refractivity contribution in [3.8, 4) is 5.75 Å². The van der Waals surface area contributed by atoms with Gasteiger partial charge in [-0.15, -0.1) is 0 Å². The van der Waals surface area contributed by atoms with Crippen LogP contribution in [-0.2, 0) is 6.42 Å². The predicted octanol–water partition coefficient (Wildman–Crippen LogP) is 2.81. The van der Waals surface area contributed by atoms with Crippen molar-refractivity contribution in [3.63, 3.8) is 0 Å². The number of ketones is 1. The summed E-state index contributed by atoms with van der Waals surface area (Å²) in [5.41, 5.74) is 1.16. The molecule has 1 aromatic carbocycles. The maximum Gasteiger partial charge on any atom is 0.270 e. The number of hydrogen-bond donors (Lipinski definition) is 0. The highest BCUT2D eigenvalue weighted by molar-refractivity contribution is 5.97. The molecular formula is C15H14N2O4. The van der Waals surface area contributed by atoms with Gasteiger partial charge in [-0.2, -0.15) is 0 Å². The largest absolute Gasteiger partial charge is 0.492 e. The number of carbonyl (C=O) groups is 1. The van der Waals surface area contributed by atoms with Crippen molar-refractivity contribution in [1.82, 2.24) is 4.98 Å². The van der Waals surface area contributed by atoms with E-state index >= 15 is 0 Å². The number of nitro groups is 1. The Hall–Kier alpha value is -2.76. The number of rotatable bonds is 6. The molecule has 0 fully saturated rings. The van der Waals surface area contributed by atoms with Crippen LogP contribution in [0.2, 0.25) is 0 Å². The fourth-order valence-corrected chi connectivity index (χ4v) is 1.86. The Morgan fingerprint density at radius 2 is 2.00 bits per heavy atom. The fraction of sp³-hybridized carbons (Fsp3) is 0.200. The van der Waals surface area contributed by atoms with Crippen LogP contribution in [0.25, 0.3) is 0 Å². The molecule has 0 aliphatic heterocycles. The smallest absolute Gasteiger partial charge is 0.270 e. The number of nitro benzene ring substituents is 1. The molecule has 0 N–H and O–H groups in total. The summed E-state index contributed by atoms with van der Waals surface area (Å²) >= 11 is 0. The monoisotopic (exact) mass is 286 g/mol. The molecule has 0 aliphatic carbocycles. The standard InChI is InChI=1S/C15H14N2O4/c1-11(18)14-10-13(17(19)20)2-3-15(14)21-9-6-12-4-7-16-8-5-12/h2-5,7-8,10H,6,9H2,1H3. The molecule has 1 aromatic heterocycles. The molecule has 0 saturated carbocycles. The fourth-order valence-electron chi connectivity index (χ4n) is 1.86. The Balaban J connectivity index is 2.09. The molecule has 0 saturated heterocycles. The Morgan fingerprint density at radius 3 is 2.62 bits per heavy atom. The molecule has 2 aromatic rings. The number of carbonyl (C=O) groups excluding carboxylic acids is 1. The first-order valence-electron chi connectivity index (χ1n) is 6.39. The minimum Gasteiger partial charge on any atom is -0.492 e. The third-order valence-electron chi connectivity index (χ3n) is 2.95. The van der Waals surface area contributed by atoms with Crippen molar-refractivity contribution in [1.29, 1.82) is 0 Å². The van der Waals surface area contributed by atoms with Crippen LogP contribution in [0.15, 0.2) is 42.7 Å². The van der Waals surface area contributed by atoms with E-state index in [2.05, 4.69) is 4.98 Å². The molecule has 0 atom stereocenters. The van der Waals surface area contributed by atoms with Gasteiger partial charge >= 0.3 is 0 Å². The van der Waals surface area contributed by atoms with Crippen LogP contribution in [0.3, 0.4) is 0 Å². The van der Waals surface area contributed by atoms with Crippen LogP contribution in [0.5, 0.6) is 5.75 Å². The van der Waals surface area contributed by atoms with Crippen LogP contribution in [0.4, 0.5) is 5.69 Å². The molecule has 0 radical (unpaired) electrons. The molecule has 0 spiro atoms. The van der Waals surface area contributed by atoms with E-state index in [1.54, 1.807) is 12.4 Å². The second kappa shape index (κ2) is 6.60. The Labute approximate surface area is 121 Å². The van der Waals surface area contributed by atoms with Gasteiger partial charge in [0, 0.05) is 30.9 Å². The van der Waals surface area contributed by atoms with Crippen LogP contribution >= 0.6 is 0 Å². The average molecular weight is 286 g/mol. The molecular weight excluding hydrogens is 272 g/mol. The Bertz CT molecular complexity index is 656. The maximum atomic E-state index is 11.6. The average Bonchev–Trinajstić information content (AvgIpc) is 2.48. The summed E-state index contributed by atoms with van der Waals surface area (Å²) in [4.78, 5) is 25.7. The number of ether oxygens (including phenoxy) is 1. The summed E-state index contributed by atoms with van der Waals surface area (Å²) in [6.07, 6.45) is 4.06. The van der Waals surface area contributed by atoms with Crippen LogP contribution in [-0.4, -0.2) is 22.3 Å². The SMILES string of the molecule is CC(=O)c1cc([N+](=O)[O-])ccc1OCCc1ccncc1. The van der Waals surface area contributed by atoms with Crippen molar-refractivity contribution in [2.24, 2.45) is 0 Å². The molecule has 0 aliphatic rings. The zero-order chi connectivity index (χ0) is 15.2. The first kappa shape index (κ1) is 14.6. The summed E-state index contributed by atoms with van der Waals surface area (Å²) < 4.78 is 5.57. The Morgan fingerprint density at radius 1 is 1.29 bits per heavy atom. The van der Waals surface area contributed by atoms with Crippen molar-refractivity contribution >= 4 is 11.5 Å². The van der Waals surface area contributed by atoms with E-state index in [4.69, 9.17) is 4.74 Å². The van der Waals surface area contributed by atoms with E-state index in [0.717, 1.165) is 5.56 Å². The van der Waals surface area contributed by atoms with Gasteiger partial charge in [0.1, 0.15) is 5.75 Å². The van der Waals surface area contributed by atoms with Crippen molar-refractivity contribution in [2.75, 3.05) is 6.61 Å². The Kier molecular flexibility index (Phi) is 4.61. The van der Waals surface area contributed by atoms with E-state index in [-0.39, 0.29) is 17.0 Å². The lowest BCUT2D eigenvalue weighted by Gasteiger charge is -2.09. The molecule has 108 valence electrons. The topological polar surface area (TPSA) is 82.3 Å². The van der Waals surface area contributed by atoms with Crippen molar-refractivity contribution in [2.45, 2.75) is 13.3 Å². The van der Waals surface area contributed by atoms with Gasteiger partial charge in [-0.3, -0.25) is 19.9 Å². The molecule has 0 amide bonds. The molecule has 1 heterocycles. The lowest BCUT2D eigenvalue weighted by atomic mass is 10.1. The van der Waals surface area contributed by atoms with E-state index in [9.17, 15) is 14.9 Å². The molecule has 6 heteroatoms. The molecule has 21 heavy (non-hydrogen) atoms. The molecule has 6 nitrogen and oxygen atoms in total. The van der Waals surface area contributed by atoms with Crippen LogP contribution in [0, 0.1) is 10.1 Å². The zero-order valence-electron chi connectivity index (χ0n) is 11.5. The van der Waals surface area contributed by atoms with Gasteiger partial charge in [0.15, 0.2) is 5.78 Å². The van der Waals surface area contributed by atoms with Crippen LogP contribution in [0.1, 0.15) is 22.8 Å². The van der Waals surface area contributed by atoms with Crippen molar-refractivity contribution in [3.05, 3.63) is 64.0 Å². The number of Topliss-reactive ketones (excluding diaryl/α,β-unsaturated/α-hetero) is 1.